The van der Waals surface area contributed by atoms with E-state index in [2.05, 4.69) is 24.5 Å². The first-order valence-electron chi connectivity index (χ1n) is 5.46. The summed E-state index contributed by atoms with van der Waals surface area (Å²) in [5.41, 5.74) is 0. The number of hydrogen-bond acceptors (Lipinski definition) is 4. The van der Waals surface area contributed by atoms with E-state index in [1.165, 1.54) is 0 Å². The minimum atomic E-state index is 0.299. The predicted molar refractivity (Wildman–Crippen MR) is 60.5 cm³/mol. The monoisotopic (exact) mass is 206 g/mol. The van der Waals surface area contributed by atoms with Crippen molar-refractivity contribution >= 4 is 0 Å². The van der Waals surface area contributed by atoms with Crippen molar-refractivity contribution in [3.05, 3.63) is 0 Å². The zero-order valence-electron chi connectivity index (χ0n) is 9.55. The number of hydrogen-bond donors (Lipinski definition) is 4. The van der Waals surface area contributed by atoms with Crippen LogP contribution in [-0.4, -0.2) is 49.6 Å². The molecule has 4 nitrogen and oxygen atoms in total. The van der Waals surface area contributed by atoms with E-state index < -0.39 is 0 Å². The largest absolute Gasteiger partial charge is 0.396 e. The van der Waals surface area contributed by atoms with E-state index in [-0.39, 0.29) is 0 Å². The maximum Gasteiger partial charge on any atom is 0.0443 e. The molecule has 0 saturated heterocycles. The lowest BCUT2D eigenvalue weighted by molar-refractivity contribution is 0.286. The molecule has 0 fully saturated rings. The molecule has 0 rings (SSSR count). The molecule has 0 atom stereocenters. The normalized spacial score (nSPS) is 9.43. The molecule has 0 aliphatic carbocycles. The van der Waals surface area contributed by atoms with Crippen molar-refractivity contribution in [1.29, 1.82) is 0 Å². The van der Waals surface area contributed by atoms with Gasteiger partial charge in [0.05, 0.1) is 0 Å². The Morgan fingerprint density at radius 3 is 1.36 bits per heavy atom. The Hall–Kier alpha value is -0.160. The Labute approximate surface area is 87.7 Å². The number of aliphatic hydroxyl groups is 2. The third kappa shape index (κ3) is 22.6. The summed E-state index contributed by atoms with van der Waals surface area (Å²) in [6.07, 6.45) is 1.74. The van der Waals surface area contributed by atoms with Crippen molar-refractivity contribution in [1.82, 2.24) is 10.6 Å². The van der Waals surface area contributed by atoms with Crippen LogP contribution in [0.1, 0.15) is 26.7 Å². The van der Waals surface area contributed by atoms with E-state index in [4.69, 9.17) is 10.2 Å². The van der Waals surface area contributed by atoms with E-state index in [0.717, 1.165) is 39.0 Å². The first-order chi connectivity index (χ1) is 6.83. The average molecular weight is 206 g/mol. The predicted octanol–water partition coefficient (Wildman–Crippen LogP) is -0.0434. The Kier molecular flexibility index (Phi) is 21.6. The van der Waals surface area contributed by atoms with Crippen molar-refractivity contribution in [2.45, 2.75) is 26.7 Å². The smallest absolute Gasteiger partial charge is 0.0443 e. The van der Waals surface area contributed by atoms with Gasteiger partial charge in [0.1, 0.15) is 0 Å². The van der Waals surface area contributed by atoms with Gasteiger partial charge < -0.3 is 20.8 Å². The Bertz CT molecular complexity index is 64.5. The molecule has 88 valence electrons. The van der Waals surface area contributed by atoms with Gasteiger partial charge in [0.15, 0.2) is 0 Å². The van der Waals surface area contributed by atoms with Gasteiger partial charge >= 0.3 is 0 Å². The van der Waals surface area contributed by atoms with Crippen LogP contribution in [0.15, 0.2) is 0 Å². The molecule has 4 N–H and O–H groups in total. The van der Waals surface area contributed by atoms with Gasteiger partial charge in [-0.2, -0.15) is 0 Å². The summed E-state index contributed by atoms with van der Waals surface area (Å²) in [6.45, 7) is 8.58. The van der Waals surface area contributed by atoms with Crippen LogP contribution < -0.4 is 10.6 Å². The average Bonchev–Trinajstić information content (AvgIpc) is 2.21. The van der Waals surface area contributed by atoms with Gasteiger partial charge in [-0.3, -0.25) is 0 Å². The summed E-state index contributed by atoms with van der Waals surface area (Å²) in [5, 5.41) is 22.7. The quantitative estimate of drug-likeness (QED) is 0.421. The van der Waals surface area contributed by atoms with E-state index >= 15 is 0 Å². The van der Waals surface area contributed by atoms with Crippen LogP contribution >= 0.6 is 0 Å². The van der Waals surface area contributed by atoms with Gasteiger partial charge in [-0.05, 0) is 39.0 Å². The fourth-order valence-corrected chi connectivity index (χ4v) is 0.762. The molecule has 4 heteroatoms. The number of rotatable bonds is 8. The standard InChI is InChI=1S/2C5H13NO/c2*1-2-6-4-3-5-7/h2*6-7H,2-5H2,1H3. The molecule has 0 amide bonds. The molecule has 0 aromatic carbocycles. The van der Waals surface area contributed by atoms with Crippen LogP contribution in [0.3, 0.4) is 0 Å². The van der Waals surface area contributed by atoms with Crippen molar-refractivity contribution in [2.75, 3.05) is 39.4 Å². The molecule has 0 radical (unpaired) electrons. The van der Waals surface area contributed by atoms with E-state index in [1.807, 2.05) is 0 Å². The molecule has 0 aromatic rings. The van der Waals surface area contributed by atoms with Crippen LogP contribution in [0.2, 0.25) is 0 Å². The fraction of sp³-hybridized carbons (Fsp3) is 1.00. The zero-order valence-corrected chi connectivity index (χ0v) is 9.55. The van der Waals surface area contributed by atoms with Crippen LogP contribution in [0, 0.1) is 0 Å². The lowest BCUT2D eigenvalue weighted by atomic mass is 10.4. The van der Waals surface area contributed by atoms with E-state index in [9.17, 15) is 0 Å². The summed E-state index contributed by atoms with van der Waals surface area (Å²) in [7, 11) is 0. The van der Waals surface area contributed by atoms with Crippen LogP contribution in [-0.2, 0) is 0 Å². The van der Waals surface area contributed by atoms with Gasteiger partial charge in [-0.1, -0.05) is 13.8 Å². The molecule has 0 unspecified atom stereocenters. The molecule has 0 aliphatic heterocycles. The van der Waals surface area contributed by atoms with Crippen molar-refractivity contribution in [3.63, 3.8) is 0 Å². The van der Waals surface area contributed by atoms with Gasteiger partial charge in [-0.25, -0.2) is 0 Å². The van der Waals surface area contributed by atoms with Crippen molar-refractivity contribution < 1.29 is 10.2 Å². The molecule has 0 saturated carbocycles. The molecular formula is C10H26N2O2. The highest BCUT2D eigenvalue weighted by molar-refractivity contribution is 4.40. The number of aliphatic hydroxyl groups excluding tert-OH is 2. The Morgan fingerprint density at radius 2 is 1.14 bits per heavy atom. The first-order valence-corrected chi connectivity index (χ1v) is 5.46. The minimum Gasteiger partial charge on any atom is -0.396 e. The summed E-state index contributed by atoms with van der Waals surface area (Å²) in [4.78, 5) is 0. The molecule has 0 aromatic heterocycles. The van der Waals surface area contributed by atoms with E-state index in [1.54, 1.807) is 0 Å². The lowest BCUT2D eigenvalue weighted by Gasteiger charge is -1.94. The Balaban J connectivity index is 0. The zero-order chi connectivity index (χ0) is 11.1. The minimum absolute atomic E-state index is 0.299. The highest BCUT2D eigenvalue weighted by Gasteiger charge is 1.78. The maximum atomic E-state index is 8.25. The van der Waals surface area contributed by atoms with Gasteiger partial charge in [0, 0.05) is 13.2 Å². The molecule has 14 heavy (non-hydrogen) atoms. The van der Waals surface area contributed by atoms with Gasteiger partial charge in [0.25, 0.3) is 0 Å². The van der Waals surface area contributed by atoms with Crippen LogP contribution in [0.4, 0.5) is 0 Å². The fourth-order valence-electron chi connectivity index (χ4n) is 0.762. The third-order valence-electron chi connectivity index (χ3n) is 1.52. The molecule has 0 spiro atoms. The summed E-state index contributed by atoms with van der Waals surface area (Å²) >= 11 is 0. The second-order valence-electron chi connectivity index (χ2n) is 2.86. The van der Waals surface area contributed by atoms with Gasteiger partial charge in [-0.15, -0.1) is 0 Å². The topological polar surface area (TPSA) is 64.5 Å². The lowest BCUT2D eigenvalue weighted by Crippen LogP contribution is -2.14. The van der Waals surface area contributed by atoms with Crippen molar-refractivity contribution in [3.8, 4) is 0 Å². The second-order valence-corrected chi connectivity index (χ2v) is 2.86. The number of nitrogens with one attached hydrogen (secondary N) is 2. The highest BCUT2D eigenvalue weighted by atomic mass is 16.3. The molecule has 0 heterocycles. The maximum absolute atomic E-state index is 8.25. The summed E-state index contributed by atoms with van der Waals surface area (Å²) < 4.78 is 0. The first kappa shape index (κ1) is 16.3. The van der Waals surface area contributed by atoms with Crippen molar-refractivity contribution in [2.24, 2.45) is 0 Å². The van der Waals surface area contributed by atoms with E-state index in [0.29, 0.717) is 13.2 Å². The summed E-state index contributed by atoms with van der Waals surface area (Å²) in [6, 6.07) is 0. The molecular weight excluding hydrogens is 180 g/mol. The second kappa shape index (κ2) is 18.6. The molecule has 0 bridgehead atoms. The Morgan fingerprint density at radius 1 is 0.786 bits per heavy atom. The van der Waals surface area contributed by atoms with Gasteiger partial charge in [0.2, 0.25) is 0 Å². The van der Waals surface area contributed by atoms with Crippen LogP contribution in [0.5, 0.6) is 0 Å². The summed E-state index contributed by atoms with van der Waals surface area (Å²) in [5.74, 6) is 0. The SMILES string of the molecule is CCNCCCO.CCNCCCO. The third-order valence-corrected chi connectivity index (χ3v) is 1.52. The highest BCUT2D eigenvalue weighted by Crippen LogP contribution is 1.69. The molecule has 0 aliphatic rings. The van der Waals surface area contributed by atoms with Crippen LogP contribution in [0.25, 0.3) is 0 Å².